The van der Waals surface area contributed by atoms with E-state index in [1.165, 1.54) is 12.1 Å². The lowest BCUT2D eigenvalue weighted by molar-refractivity contribution is 0.474. The topological polar surface area (TPSA) is 88.6 Å². The van der Waals surface area contributed by atoms with Crippen LogP contribution in [0.4, 0.5) is 5.69 Å². The zero-order chi connectivity index (χ0) is 18.6. The van der Waals surface area contributed by atoms with Crippen LogP contribution in [0.15, 0.2) is 39.8 Å². The Labute approximate surface area is 158 Å². The Kier molecular flexibility index (Phi) is 6.45. The van der Waals surface area contributed by atoms with Crippen LogP contribution >= 0.6 is 23.8 Å². The van der Waals surface area contributed by atoms with Crippen LogP contribution in [0.1, 0.15) is 25.2 Å². The summed E-state index contributed by atoms with van der Waals surface area (Å²) in [5, 5.41) is 8.49. The van der Waals surface area contributed by atoms with Crippen molar-refractivity contribution in [1.82, 2.24) is 4.90 Å². The number of hydrogen-bond donors (Lipinski definition) is 2. The normalized spacial score (nSPS) is 11.4. The number of nitrogens with zero attached hydrogens (tertiary/aromatic N) is 1. The Bertz CT molecular complexity index is 848. The van der Waals surface area contributed by atoms with E-state index >= 15 is 0 Å². The predicted molar refractivity (Wildman–Crippen MR) is 103 cm³/mol. The number of sulfonamides is 1. The minimum Gasteiger partial charge on any atom is -0.467 e. The molecule has 0 saturated heterocycles. The fourth-order valence-electron chi connectivity index (χ4n) is 2.37. The average molecular weight is 402 g/mol. The quantitative estimate of drug-likeness (QED) is 0.692. The molecular formula is C16H20ClN3O3S2. The molecule has 0 bridgehead atoms. The minimum absolute atomic E-state index is 0.0375. The number of hydrogen-bond acceptors (Lipinski definition) is 5. The molecule has 136 valence electrons. The van der Waals surface area contributed by atoms with E-state index in [2.05, 4.69) is 5.32 Å². The van der Waals surface area contributed by atoms with Crippen molar-refractivity contribution in [2.75, 3.05) is 18.4 Å². The molecule has 2 rings (SSSR count). The van der Waals surface area contributed by atoms with Gasteiger partial charge < -0.3 is 14.6 Å². The van der Waals surface area contributed by atoms with E-state index in [0.29, 0.717) is 35.9 Å². The summed E-state index contributed by atoms with van der Waals surface area (Å²) in [4.78, 5) is 2.32. The van der Waals surface area contributed by atoms with Gasteiger partial charge in [-0.2, -0.15) is 0 Å². The van der Waals surface area contributed by atoms with Crippen molar-refractivity contribution >= 4 is 44.5 Å². The van der Waals surface area contributed by atoms with E-state index in [9.17, 15) is 8.42 Å². The number of primary sulfonamides is 1. The number of halogens is 1. The molecule has 25 heavy (non-hydrogen) atoms. The third-order valence-corrected chi connectivity index (χ3v) is 5.55. The molecule has 0 aliphatic carbocycles. The Morgan fingerprint density at radius 1 is 1.36 bits per heavy atom. The number of anilines is 1. The summed E-state index contributed by atoms with van der Waals surface area (Å²) >= 11 is 11.7. The lowest BCUT2D eigenvalue weighted by atomic mass is 10.1. The highest BCUT2D eigenvalue weighted by atomic mass is 35.5. The van der Waals surface area contributed by atoms with E-state index < -0.39 is 10.0 Å². The van der Waals surface area contributed by atoms with Crippen molar-refractivity contribution in [2.45, 2.75) is 25.3 Å². The smallest absolute Gasteiger partial charge is 0.239 e. The maximum atomic E-state index is 11.8. The first-order chi connectivity index (χ1) is 11.8. The molecule has 0 atom stereocenters. The minimum atomic E-state index is -3.96. The number of benzene rings is 1. The van der Waals surface area contributed by atoms with Gasteiger partial charge in [0, 0.05) is 24.3 Å². The van der Waals surface area contributed by atoms with Crippen LogP contribution in [-0.4, -0.2) is 31.4 Å². The summed E-state index contributed by atoms with van der Waals surface area (Å²) in [7, 11) is -3.96. The van der Waals surface area contributed by atoms with Crippen molar-refractivity contribution in [1.29, 1.82) is 0 Å². The highest BCUT2D eigenvalue weighted by Gasteiger charge is 2.21. The molecule has 1 aromatic carbocycles. The van der Waals surface area contributed by atoms with Gasteiger partial charge in [-0.15, -0.1) is 0 Å². The van der Waals surface area contributed by atoms with Crippen molar-refractivity contribution in [2.24, 2.45) is 5.14 Å². The Morgan fingerprint density at radius 3 is 2.56 bits per heavy atom. The van der Waals surface area contributed by atoms with E-state index in [0.717, 1.165) is 5.76 Å². The summed E-state index contributed by atoms with van der Waals surface area (Å²) in [5.74, 6) is 0.728. The molecule has 0 aliphatic heterocycles. The van der Waals surface area contributed by atoms with Gasteiger partial charge in [0.25, 0.3) is 0 Å². The number of thiocarbonyl (C=S) groups is 1. The second-order valence-electron chi connectivity index (χ2n) is 5.28. The molecule has 0 fully saturated rings. The maximum Gasteiger partial charge on any atom is 0.239 e. The van der Waals surface area contributed by atoms with Crippen LogP contribution in [0.5, 0.6) is 0 Å². The largest absolute Gasteiger partial charge is 0.467 e. The molecule has 0 radical (unpaired) electrons. The van der Waals surface area contributed by atoms with Gasteiger partial charge in [-0.25, -0.2) is 13.6 Å². The SMILES string of the molecule is CCN(CC)C(=S)c1cc(S(N)(=O)=O)c(Cl)cc1NCc1ccco1. The molecule has 2 aromatic rings. The van der Waals surface area contributed by atoms with E-state index in [1.54, 1.807) is 12.3 Å². The van der Waals surface area contributed by atoms with Crippen molar-refractivity contribution in [3.63, 3.8) is 0 Å². The van der Waals surface area contributed by atoms with Gasteiger partial charge in [-0.3, -0.25) is 0 Å². The molecule has 6 nitrogen and oxygen atoms in total. The van der Waals surface area contributed by atoms with Gasteiger partial charge in [0.15, 0.2) is 0 Å². The number of nitrogens with one attached hydrogen (secondary N) is 1. The first kappa shape index (κ1) is 19.7. The lowest BCUT2D eigenvalue weighted by Crippen LogP contribution is -2.30. The van der Waals surface area contributed by atoms with Crippen LogP contribution in [0.2, 0.25) is 5.02 Å². The zero-order valence-corrected chi connectivity index (χ0v) is 16.3. The van der Waals surface area contributed by atoms with Crippen molar-refractivity contribution in [3.05, 3.63) is 46.9 Å². The second kappa shape index (κ2) is 8.18. The van der Waals surface area contributed by atoms with E-state index in [1.807, 2.05) is 24.8 Å². The maximum absolute atomic E-state index is 11.8. The van der Waals surface area contributed by atoms with Gasteiger partial charge in [0.05, 0.1) is 17.8 Å². The van der Waals surface area contributed by atoms with Crippen LogP contribution in [-0.2, 0) is 16.6 Å². The fourth-order valence-corrected chi connectivity index (χ4v) is 3.90. The summed E-state index contributed by atoms with van der Waals surface area (Å²) in [6, 6.07) is 6.56. The monoisotopic (exact) mass is 401 g/mol. The Morgan fingerprint density at radius 2 is 2.04 bits per heavy atom. The highest BCUT2D eigenvalue weighted by Crippen LogP contribution is 2.30. The Hall–Kier alpha value is -1.61. The number of rotatable bonds is 7. The Balaban J connectivity index is 2.48. The fraction of sp³-hybridized carbons (Fsp3) is 0.312. The molecular weight excluding hydrogens is 382 g/mol. The van der Waals surface area contributed by atoms with Crippen LogP contribution in [0, 0.1) is 0 Å². The first-order valence-corrected chi connectivity index (χ1v) is 10.0. The van der Waals surface area contributed by atoms with E-state index in [-0.39, 0.29) is 9.92 Å². The summed E-state index contributed by atoms with van der Waals surface area (Å²) in [5.41, 5.74) is 1.17. The predicted octanol–water partition coefficient (Wildman–Crippen LogP) is 3.21. The summed E-state index contributed by atoms with van der Waals surface area (Å²) in [6.07, 6.45) is 1.58. The third-order valence-electron chi connectivity index (χ3n) is 3.69. The molecule has 1 heterocycles. The van der Waals surface area contributed by atoms with Gasteiger partial charge in [-0.05, 0) is 38.1 Å². The summed E-state index contributed by atoms with van der Waals surface area (Å²) in [6.45, 7) is 5.75. The molecule has 0 spiro atoms. The van der Waals surface area contributed by atoms with Crippen molar-refractivity contribution < 1.29 is 12.8 Å². The van der Waals surface area contributed by atoms with Gasteiger partial charge in [0.1, 0.15) is 15.6 Å². The molecule has 3 N–H and O–H groups in total. The zero-order valence-electron chi connectivity index (χ0n) is 14.0. The number of nitrogens with two attached hydrogens (primary N) is 1. The van der Waals surface area contributed by atoms with Gasteiger partial charge >= 0.3 is 0 Å². The highest BCUT2D eigenvalue weighted by molar-refractivity contribution is 7.89. The van der Waals surface area contributed by atoms with Gasteiger partial charge in [0.2, 0.25) is 10.0 Å². The third kappa shape index (κ3) is 4.72. The van der Waals surface area contributed by atoms with E-state index in [4.69, 9.17) is 33.4 Å². The van der Waals surface area contributed by atoms with Crippen LogP contribution in [0.25, 0.3) is 0 Å². The average Bonchev–Trinajstić information content (AvgIpc) is 3.06. The standard InChI is InChI=1S/C16H20ClN3O3S2/c1-3-20(4-2)16(24)12-8-15(25(18,21)22)13(17)9-14(12)19-10-11-6-5-7-23-11/h5-9,19H,3-4,10H2,1-2H3,(H2,18,21,22). The van der Waals surface area contributed by atoms with Crippen LogP contribution < -0.4 is 10.5 Å². The molecule has 0 aliphatic rings. The molecule has 0 saturated carbocycles. The summed E-state index contributed by atoms with van der Waals surface area (Å²) < 4.78 is 28.9. The van der Waals surface area contributed by atoms with Gasteiger partial charge in [-0.1, -0.05) is 23.8 Å². The molecule has 0 amide bonds. The molecule has 0 unspecified atom stereocenters. The lowest BCUT2D eigenvalue weighted by Gasteiger charge is -2.24. The molecule has 1 aromatic heterocycles. The number of furan rings is 1. The molecule has 9 heteroatoms. The van der Waals surface area contributed by atoms with Crippen LogP contribution in [0.3, 0.4) is 0 Å². The van der Waals surface area contributed by atoms with Crippen molar-refractivity contribution in [3.8, 4) is 0 Å². The second-order valence-corrected chi connectivity index (χ2v) is 7.61. The first-order valence-electron chi connectivity index (χ1n) is 7.69.